The summed E-state index contributed by atoms with van der Waals surface area (Å²) in [6, 6.07) is 14.1. The summed E-state index contributed by atoms with van der Waals surface area (Å²) in [6.45, 7) is 3.38. The molecule has 1 amide bonds. The fourth-order valence-corrected chi connectivity index (χ4v) is 3.38. The number of fused-ring (bicyclic) bond motifs is 1. The minimum atomic E-state index is -0.430. The molecule has 3 rings (SSSR count). The zero-order chi connectivity index (χ0) is 21.5. The number of carbonyl (C=O) groups is 1. The number of amides is 1. The number of carbonyl (C=O) groups excluding carboxylic acids is 1. The van der Waals surface area contributed by atoms with Crippen LogP contribution in [0.3, 0.4) is 0 Å². The Morgan fingerprint density at radius 1 is 1.10 bits per heavy atom. The van der Waals surface area contributed by atoms with Gasteiger partial charge < -0.3 is 19.2 Å². The lowest BCUT2D eigenvalue weighted by Gasteiger charge is -2.22. The molecule has 7 nitrogen and oxygen atoms in total. The highest BCUT2D eigenvalue weighted by atomic mass is 16.5. The number of ether oxygens (including phenoxy) is 2. The van der Waals surface area contributed by atoms with E-state index in [9.17, 15) is 9.59 Å². The maximum Gasteiger partial charge on any atom is 0.336 e. The number of anilines is 1. The Balaban J connectivity index is 1.80. The van der Waals surface area contributed by atoms with Gasteiger partial charge in [-0.3, -0.25) is 9.69 Å². The Bertz CT molecular complexity index is 1080. The van der Waals surface area contributed by atoms with Crippen molar-refractivity contribution < 1.29 is 18.7 Å². The fourth-order valence-electron chi connectivity index (χ4n) is 3.38. The smallest absolute Gasteiger partial charge is 0.336 e. The first-order valence-corrected chi connectivity index (χ1v) is 9.80. The van der Waals surface area contributed by atoms with E-state index in [0.717, 1.165) is 17.4 Å². The normalized spacial score (nSPS) is 10.9. The SMILES string of the molecule is CCCN(CC(=O)Nc1ccccc1OC)Cc1cc(=O)oc2cc(OC)ccc12. The Hall–Kier alpha value is -3.32. The molecule has 7 heteroatoms. The van der Waals surface area contributed by atoms with E-state index in [2.05, 4.69) is 5.32 Å². The van der Waals surface area contributed by atoms with E-state index in [1.54, 1.807) is 32.4 Å². The van der Waals surface area contributed by atoms with Crippen LogP contribution in [0.15, 0.2) is 57.7 Å². The molecule has 158 valence electrons. The van der Waals surface area contributed by atoms with E-state index in [-0.39, 0.29) is 12.5 Å². The van der Waals surface area contributed by atoms with E-state index in [1.807, 2.05) is 36.1 Å². The van der Waals surface area contributed by atoms with Crippen LogP contribution >= 0.6 is 0 Å². The minimum absolute atomic E-state index is 0.151. The van der Waals surface area contributed by atoms with Gasteiger partial charge in [0.1, 0.15) is 17.1 Å². The standard InChI is InChI=1S/C23H26N2O5/c1-4-11-25(15-22(26)24-19-7-5-6-8-20(19)29-3)14-16-12-23(27)30-21-13-17(28-2)9-10-18(16)21/h5-10,12-13H,4,11,14-15H2,1-3H3,(H,24,26). The first-order chi connectivity index (χ1) is 14.5. The molecule has 0 saturated heterocycles. The van der Waals surface area contributed by atoms with Crippen molar-refractivity contribution in [3.05, 3.63) is 64.5 Å². The van der Waals surface area contributed by atoms with Gasteiger partial charge in [-0.05, 0) is 42.8 Å². The van der Waals surface area contributed by atoms with Crippen molar-refractivity contribution in [1.82, 2.24) is 4.90 Å². The molecule has 0 spiro atoms. The molecule has 0 aliphatic carbocycles. The Kier molecular flexibility index (Phi) is 7.08. The Morgan fingerprint density at radius 3 is 2.63 bits per heavy atom. The van der Waals surface area contributed by atoms with Crippen molar-refractivity contribution in [2.45, 2.75) is 19.9 Å². The van der Waals surface area contributed by atoms with Crippen molar-refractivity contribution in [3.8, 4) is 11.5 Å². The van der Waals surface area contributed by atoms with Crippen molar-refractivity contribution >= 4 is 22.6 Å². The van der Waals surface area contributed by atoms with Crippen LogP contribution < -0.4 is 20.4 Å². The zero-order valence-corrected chi connectivity index (χ0v) is 17.4. The number of benzene rings is 2. The summed E-state index contributed by atoms with van der Waals surface area (Å²) in [5, 5.41) is 3.72. The van der Waals surface area contributed by atoms with Crippen molar-refractivity contribution in [1.29, 1.82) is 0 Å². The molecule has 0 unspecified atom stereocenters. The van der Waals surface area contributed by atoms with Crippen molar-refractivity contribution in [2.24, 2.45) is 0 Å². The molecule has 30 heavy (non-hydrogen) atoms. The third-order valence-electron chi connectivity index (χ3n) is 4.72. The fraction of sp³-hybridized carbons (Fsp3) is 0.304. The number of hydrogen-bond acceptors (Lipinski definition) is 6. The van der Waals surface area contributed by atoms with Crippen LogP contribution in [-0.2, 0) is 11.3 Å². The van der Waals surface area contributed by atoms with Crippen LogP contribution in [0.5, 0.6) is 11.5 Å². The van der Waals surface area contributed by atoms with E-state index in [1.165, 1.54) is 6.07 Å². The van der Waals surface area contributed by atoms with Gasteiger partial charge >= 0.3 is 5.63 Å². The number of para-hydroxylation sites is 2. The second kappa shape index (κ2) is 9.93. The first-order valence-electron chi connectivity index (χ1n) is 9.80. The molecule has 0 fully saturated rings. The molecular weight excluding hydrogens is 384 g/mol. The highest BCUT2D eigenvalue weighted by Crippen LogP contribution is 2.24. The number of hydrogen-bond donors (Lipinski definition) is 1. The lowest BCUT2D eigenvalue weighted by molar-refractivity contribution is -0.117. The summed E-state index contributed by atoms with van der Waals surface area (Å²) >= 11 is 0. The maximum absolute atomic E-state index is 12.7. The summed E-state index contributed by atoms with van der Waals surface area (Å²) in [6.07, 6.45) is 0.870. The minimum Gasteiger partial charge on any atom is -0.497 e. The molecule has 0 saturated carbocycles. The van der Waals surface area contributed by atoms with E-state index < -0.39 is 5.63 Å². The molecule has 0 bridgehead atoms. The van der Waals surface area contributed by atoms with Crippen LogP contribution in [0.4, 0.5) is 5.69 Å². The van der Waals surface area contributed by atoms with Crippen LogP contribution in [0, 0.1) is 0 Å². The van der Waals surface area contributed by atoms with Crippen molar-refractivity contribution in [2.75, 3.05) is 32.6 Å². The molecule has 1 N–H and O–H groups in total. The van der Waals surface area contributed by atoms with Gasteiger partial charge in [-0.2, -0.15) is 0 Å². The van der Waals surface area contributed by atoms with Gasteiger partial charge in [-0.15, -0.1) is 0 Å². The first kappa shape index (κ1) is 21.4. The zero-order valence-electron chi connectivity index (χ0n) is 17.4. The lowest BCUT2D eigenvalue weighted by atomic mass is 10.1. The molecule has 0 radical (unpaired) electrons. The summed E-state index contributed by atoms with van der Waals surface area (Å²) in [5.41, 5.74) is 1.47. The van der Waals surface area contributed by atoms with Crippen LogP contribution in [0.25, 0.3) is 11.0 Å². The van der Waals surface area contributed by atoms with Crippen LogP contribution in [-0.4, -0.2) is 38.1 Å². The average molecular weight is 410 g/mol. The number of rotatable bonds is 9. The predicted molar refractivity (Wildman–Crippen MR) is 116 cm³/mol. The summed E-state index contributed by atoms with van der Waals surface area (Å²) in [4.78, 5) is 26.7. The maximum atomic E-state index is 12.7. The van der Waals surface area contributed by atoms with Gasteiger partial charge in [0.05, 0.1) is 26.5 Å². The van der Waals surface area contributed by atoms with E-state index >= 15 is 0 Å². The Morgan fingerprint density at radius 2 is 1.90 bits per heavy atom. The topological polar surface area (TPSA) is 81.0 Å². The number of methoxy groups -OCH3 is 2. The van der Waals surface area contributed by atoms with E-state index in [4.69, 9.17) is 13.9 Å². The van der Waals surface area contributed by atoms with Crippen LogP contribution in [0.1, 0.15) is 18.9 Å². The van der Waals surface area contributed by atoms with Crippen molar-refractivity contribution in [3.63, 3.8) is 0 Å². The molecule has 1 heterocycles. The summed E-state index contributed by atoms with van der Waals surface area (Å²) < 4.78 is 15.8. The highest BCUT2D eigenvalue weighted by Gasteiger charge is 2.15. The van der Waals surface area contributed by atoms with Gasteiger partial charge in [0.15, 0.2) is 0 Å². The van der Waals surface area contributed by atoms with Gasteiger partial charge in [0.2, 0.25) is 5.91 Å². The quantitative estimate of drug-likeness (QED) is 0.542. The third-order valence-corrected chi connectivity index (χ3v) is 4.72. The number of nitrogens with one attached hydrogen (secondary N) is 1. The van der Waals surface area contributed by atoms with Crippen LogP contribution in [0.2, 0.25) is 0 Å². The van der Waals surface area contributed by atoms with Gasteiger partial charge in [0.25, 0.3) is 0 Å². The average Bonchev–Trinajstić information content (AvgIpc) is 2.73. The third kappa shape index (κ3) is 5.18. The number of nitrogens with zero attached hydrogens (tertiary/aromatic N) is 1. The molecule has 0 atom stereocenters. The molecule has 0 aliphatic rings. The van der Waals surface area contributed by atoms with Gasteiger partial charge in [-0.1, -0.05) is 19.1 Å². The molecular formula is C23H26N2O5. The highest BCUT2D eigenvalue weighted by molar-refractivity contribution is 5.93. The molecule has 3 aromatic rings. The lowest BCUT2D eigenvalue weighted by Crippen LogP contribution is -2.33. The largest absolute Gasteiger partial charge is 0.497 e. The van der Waals surface area contributed by atoms with E-state index in [0.29, 0.717) is 35.9 Å². The predicted octanol–water partition coefficient (Wildman–Crippen LogP) is 3.66. The molecule has 1 aromatic heterocycles. The molecule has 2 aromatic carbocycles. The monoisotopic (exact) mass is 410 g/mol. The second-order valence-corrected chi connectivity index (χ2v) is 6.91. The summed E-state index contributed by atoms with van der Waals surface area (Å²) in [7, 11) is 3.13. The molecule has 0 aliphatic heterocycles. The summed E-state index contributed by atoms with van der Waals surface area (Å²) in [5.74, 6) is 1.07. The van der Waals surface area contributed by atoms with Gasteiger partial charge in [-0.25, -0.2) is 4.79 Å². The Labute approximate surface area is 175 Å². The second-order valence-electron chi connectivity index (χ2n) is 6.91. The van der Waals surface area contributed by atoms with Gasteiger partial charge in [0, 0.05) is 24.1 Å².